The van der Waals surface area contributed by atoms with Crippen molar-refractivity contribution in [3.05, 3.63) is 18.0 Å². The molecule has 1 unspecified atom stereocenters. The van der Waals surface area contributed by atoms with Gasteiger partial charge in [0.2, 0.25) is 0 Å². The Kier molecular flexibility index (Phi) is 2.03. The van der Waals surface area contributed by atoms with E-state index in [1.54, 1.807) is 0 Å². The minimum absolute atomic E-state index is 0.323. The van der Waals surface area contributed by atoms with E-state index >= 15 is 0 Å². The molecule has 1 atom stereocenters. The Hall–Kier alpha value is -0.790. The zero-order valence-electron chi connectivity index (χ0n) is 7.68. The Balaban J connectivity index is 2.78. The van der Waals surface area contributed by atoms with Crippen LogP contribution in [0.3, 0.4) is 0 Å². The molecule has 0 saturated heterocycles. The number of hydrogen-bond acceptors (Lipinski definition) is 1. The number of nitrogens with one attached hydrogen (secondary N) is 1. The fourth-order valence-corrected chi connectivity index (χ4v) is 0.998. The zero-order valence-corrected chi connectivity index (χ0v) is 7.68. The van der Waals surface area contributed by atoms with Crippen LogP contribution < -0.4 is 0 Å². The lowest BCUT2D eigenvalue weighted by Gasteiger charge is -2.25. The smallest absolute Gasteiger partial charge is 0.0522 e. The summed E-state index contributed by atoms with van der Waals surface area (Å²) in [5, 5.41) is 6.76. The maximum atomic E-state index is 3.93. The largest absolute Gasteiger partial charge is 0.285 e. The Labute approximate surface area is 68.0 Å². The van der Waals surface area contributed by atoms with E-state index < -0.39 is 0 Å². The third-order valence-electron chi connectivity index (χ3n) is 2.32. The summed E-state index contributed by atoms with van der Waals surface area (Å²) in [6, 6.07) is 0. The van der Waals surface area contributed by atoms with Gasteiger partial charge in [-0.05, 0) is 16.9 Å². The highest BCUT2D eigenvalue weighted by atomic mass is 15.1. The molecule has 11 heavy (non-hydrogen) atoms. The van der Waals surface area contributed by atoms with Gasteiger partial charge in [-0.1, -0.05) is 27.7 Å². The first-order valence-electron chi connectivity index (χ1n) is 4.00. The Morgan fingerprint density at radius 2 is 2.09 bits per heavy atom. The highest BCUT2D eigenvalue weighted by Crippen LogP contribution is 2.33. The van der Waals surface area contributed by atoms with Gasteiger partial charge in [0.05, 0.1) is 6.20 Å². The zero-order chi connectivity index (χ0) is 8.48. The first-order chi connectivity index (χ1) is 5.02. The molecule has 1 aromatic rings. The summed E-state index contributed by atoms with van der Waals surface area (Å²) in [7, 11) is 0. The molecule has 0 amide bonds. The van der Waals surface area contributed by atoms with Crippen LogP contribution in [0.15, 0.2) is 12.4 Å². The quantitative estimate of drug-likeness (QED) is 0.658. The normalized spacial score (nSPS) is 14.9. The lowest BCUT2D eigenvalue weighted by Crippen LogP contribution is -2.14. The summed E-state index contributed by atoms with van der Waals surface area (Å²) in [5.74, 6) is 0.557. The molecule has 2 heteroatoms. The minimum atomic E-state index is 0.323. The van der Waals surface area contributed by atoms with Crippen LogP contribution in [0.1, 0.15) is 39.2 Å². The highest BCUT2D eigenvalue weighted by molar-refractivity contribution is 5.11. The summed E-state index contributed by atoms with van der Waals surface area (Å²) in [4.78, 5) is 0. The van der Waals surface area contributed by atoms with Gasteiger partial charge in [-0.3, -0.25) is 5.10 Å². The number of H-pyrrole nitrogens is 1. The molecule has 0 aliphatic rings. The van der Waals surface area contributed by atoms with E-state index in [9.17, 15) is 0 Å². The van der Waals surface area contributed by atoms with Crippen LogP contribution in [0.25, 0.3) is 0 Å². The van der Waals surface area contributed by atoms with Crippen molar-refractivity contribution in [2.24, 2.45) is 5.41 Å². The molecule has 0 spiro atoms. The molecule has 0 aromatic carbocycles. The molecule has 0 fully saturated rings. The van der Waals surface area contributed by atoms with Crippen molar-refractivity contribution in [1.82, 2.24) is 10.2 Å². The monoisotopic (exact) mass is 152 g/mol. The number of aromatic nitrogens is 2. The third-order valence-corrected chi connectivity index (χ3v) is 2.32. The van der Waals surface area contributed by atoms with Crippen LogP contribution in [0.4, 0.5) is 0 Å². The summed E-state index contributed by atoms with van der Waals surface area (Å²) in [6.45, 7) is 8.95. The maximum absolute atomic E-state index is 3.93. The molecule has 1 rings (SSSR count). The van der Waals surface area contributed by atoms with Crippen molar-refractivity contribution >= 4 is 0 Å². The van der Waals surface area contributed by atoms with Crippen LogP contribution in [-0.4, -0.2) is 10.2 Å². The number of nitrogens with zero attached hydrogens (tertiary/aromatic N) is 1. The summed E-state index contributed by atoms with van der Waals surface area (Å²) < 4.78 is 0. The fraction of sp³-hybridized carbons (Fsp3) is 0.667. The van der Waals surface area contributed by atoms with Crippen molar-refractivity contribution in [2.45, 2.75) is 33.6 Å². The van der Waals surface area contributed by atoms with Gasteiger partial charge in [0.25, 0.3) is 0 Å². The first-order valence-corrected chi connectivity index (χ1v) is 4.00. The van der Waals surface area contributed by atoms with Gasteiger partial charge in [0.1, 0.15) is 0 Å². The van der Waals surface area contributed by atoms with Crippen LogP contribution in [0.2, 0.25) is 0 Å². The molecular weight excluding hydrogens is 136 g/mol. The molecule has 0 aliphatic carbocycles. The maximum Gasteiger partial charge on any atom is 0.0522 e. The van der Waals surface area contributed by atoms with Crippen molar-refractivity contribution < 1.29 is 0 Å². The Bertz CT molecular complexity index is 206. The summed E-state index contributed by atoms with van der Waals surface area (Å²) in [6.07, 6.45) is 3.87. The van der Waals surface area contributed by atoms with E-state index in [0.717, 1.165) is 0 Å². The molecule has 1 N–H and O–H groups in total. The molecule has 62 valence electrons. The van der Waals surface area contributed by atoms with Gasteiger partial charge >= 0.3 is 0 Å². The number of aromatic amines is 1. The van der Waals surface area contributed by atoms with Crippen LogP contribution in [0, 0.1) is 5.41 Å². The van der Waals surface area contributed by atoms with E-state index in [1.165, 1.54) is 5.56 Å². The average molecular weight is 152 g/mol. The van der Waals surface area contributed by atoms with Gasteiger partial charge in [-0.25, -0.2) is 0 Å². The molecule has 1 heterocycles. The molecule has 0 radical (unpaired) electrons. The second-order valence-electron chi connectivity index (χ2n) is 4.12. The molecule has 0 saturated carbocycles. The van der Waals surface area contributed by atoms with E-state index in [2.05, 4.69) is 37.9 Å². The van der Waals surface area contributed by atoms with Crippen LogP contribution in [-0.2, 0) is 0 Å². The van der Waals surface area contributed by atoms with Crippen LogP contribution in [0.5, 0.6) is 0 Å². The lowest BCUT2D eigenvalue weighted by atomic mass is 9.79. The summed E-state index contributed by atoms with van der Waals surface area (Å²) in [5.41, 5.74) is 1.61. The topological polar surface area (TPSA) is 28.7 Å². The third kappa shape index (κ3) is 1.82. The lowest BCUT2D eigenvalue weighted by molar-refractivity contribution is 0.339. The molecular formula is C9H16N2. The van der Waals surface area contributed by atoms with Crippen molar-refractivity contribution in [1.29, 1.82) is 0 Å². The van der Waals surface area contributed by atoms with Crippen LogP contribution >= 0.6 is 0 Å². The van der Waals surface area contributed by atoms with Crippen molar-refractivity contribution in [2.75, 3.05) is 0 Å². The number of hydrogen-bond donors (Lipinski definition) is 1. The fourth-order valence-electron chi connectivity index (χ4n) is 0.998. The first kappa shape index (κ1) is 8.31. The molecule has 0 aliphatic heterocycles. The van der Waals surface area contributed by atoms with E-state index in [4.69, 9.17) is 0 Å². The van der Waals surface area contributed by atoms with Gasteiger partial charge < -0.3 is 0 Å². The van der Waals surface area contributed by atoms with E-state index in [-0.39, 0.29) is 0 Å². The predicted molar refractivity (Wildman–Crippen MR) is 46.5 cm³/mol. The molecule has 0 bridgehead atoms. The Morgan fingerprint density at radius 3 is 2.45 bits per heavy atom. The minimum Gasteiger partial charge on any atom is -0.285 e. The van der Waals surface area contributed by atoms with Crippen molar-refractivity contribution in [3.63, 3.8) is 0 Å². The standard InChI is InChI=1S/C9H16N2/c1-7(9(2,3)4)8-5-10-11-6-8/h5-7H,1-4H3,(H,10,11). The number of rotatable bonds is 1. The van der Waals surface area contributed by atoms with Gasteiger partial charge in [-0.15, -0.1) is 0 Å². The predicted octanol–water partition coefficient (Wildman–Crippen LogP) is 2.56. The van der Waals surface area contributed by atoms with Gasteiger partial charge in [0, 0.05) is 6.20 Å². The average Bonchev–Trinajstić information content (AvgIpc) is 2.34. The van der Waals surface area contributed by atoms with Gasteiger partial charge in [0.15, 0.2) is 0 Å². The van der Waals surface area contributed by atoms with Crippen molar-refractivity contribution in [3.8, 4) is 0 Å². The van der Waals surface area contributed by atoms with E-state index in [0.29, 0.717) is 11.3 Å². The van der Waals surface area contributed by atoms with Gasteiger partial charge in [-0.2, -0.15) is 5.10 Å². The SMILES string of the molecule is CC(c1cn[nH]c1)C(C)(C)C. The summed E-state index contributed by atoms with van der Waals surface area (Å²) >= 11 is 0. The Morgan fingerprint density at radius 1 is 1.45 bits per heavy atom. The molecule has 1 aromatic heterocycles. The molecule has 2 nitrogen and oxygen atoms in total. The van der Waals surface area contributed by atoms with E-state index in [1.807, 2.05) is 12.4 Å². The highest BCUT2D eigenvalue weighted by Gasteiger charge is 2.21. The second-order valence-corrected chi connectivity index (χ2v) is 4.12. The second kappa shape index (κ2) is 2.68.